The van der Waals surface area contributed by atoms with Crippen molar-refractivity contribution in [3.63, 3.8) is 0 Å². The smallest absolute Gasteiger partial charge is 0.201 e. The number of hydrogen-bond donors (Lipinski definition) is 0. The first-order valence-electron chi connectivity index (χ1n) is 11.4. The van der Waals surface area contributed by atoms with Crippen molar-refractivity contribution >= 4 is 21.5 Å². The highest BCUT2D eigenvalue weighted by atomic mass is 79.9. The number of benzene rings is 2. The molecule has 1 aliphatic carbocycles. The van der Waals surface area contributed by atoms with Crippen LogP contribution in [0.15, 0.2) is 59.6 Å². The largest absolute Gasteiger partial charge is 0.344 e. The average molecular weight is 485 g/mol. The molecular weight excluding hydrogens is 452 g/mol. The van der Waals surface area contributed by atoms with Crippen LogP contribution >= 0.6 is 15.9 Å². The Morgan fingerprint density at radius 1 is 1.03 bits per heavy atom. The van der Waals surface area contributed by atoms with Gasteiger partial charge in [-0.15, -0.1) is 0 Å². The summed E-state index contributed by atoms with van der Waals surface area (Å²) >= 11 is 3.48. The second kappa shape index (κ2) is 9.19. The van der Waals surface area contributed by atoms with Gasteiger partial charge in [0, 0.05) is 17.3 Å². The lowest BCUT2D eigenvalue weighted by atomic mass is 9.68. The molecule has 3 nitrogen and oxygen atoms in total. The molecule has 0 N–H and O–H groups in total. The fourth-order valence-electron chi connectivity index (χ4n) is 4.64. The molecule has 1 atom stereocenters. The number of rotatable bonds is 5. The van der Waals surface area contributed by atoms with Crippen LogP contribution in [0.4, 0.5) is 0 Å². The maximum Gasteiger partial charge on any atom is 0.201 e. The molecular formula is C27H33BrO3. The van der Waals surface area contributed by atoms with E-state index < -0.39 is 5.79 Å². The van der Waals surface area contributed by atoms with Gasteiger partial charge < -0.3 is 4.74 Å². The van der Waals surface area contributed by atoms with E-state index in [1.165, 1.54) is 17.5 Å². The molecule has 1 spiro atoms. The Kier molecular flexibility index (Phi) is 6.73. The van der Waals surface area contributed by atoms with Crippen LogP contribution in [-0.4, -0.2) is 18.5 Å². The standard InChI is InChI=1S/C27H33BrO3/c1-5-26(3,4)23-14-16-27(17-15-23)29-18-25(30-31-27)19(2)20-6-8-21(9-7-20)22-10-12-24(28)13-11-22/h6-13,23,25H,2,5,14-18H2,1,3-4H3. The number of ether oxygens (including phenoxy) is 1. The van der Waals surface area contributed by atoms with E-state index in [9.17, 15) is 0 Å². The molecule has 2 fully saturated rings. The number of halogens is 1. The van der Waals surface area contributed by atoms with E-state index in [1.807, 2.05) is 0 Å². The van der Waals surface area contributed by atoms with Crippen molar-refractivity contribution in [3.8, 4) is 11.1 Å². The molecule has 0 amide bonds. The summed E-state index contributed by atoms with van der Waals surface area (Å²) in [5, 5.41) is 0. The first kappa shape index (κ1) is 22.7. The normalized spacial score (nSPS) is 26.7. The van der Waals surface area contributed by atoms with E-state index in [2.05, 4.69) is 91.8 Å². The van der Waals surface area contributed by atoms with Gasteiger partial charge in [0.1, 0.15) is 6.10 Å². The van der Waals surface area contributed by atoms with Gasteiger partial charge in [-0.05, 0) is 58.6 Å². The second-order valence-electron chi connectivity index (χ2n) is 9.62. The van der Waals surface area contributed by atoms with Gasteiger partial charge in [0.05, 0.1) is 6.61 Å². The molecule has 2 aromatic carbocycles. The Morgan fingerprint density at radius 2 is 1.61 bits per heavy atom. The zero-order chi connectivity index (χ0) is 22.1. The van der Waals surface area contributed by atoms with Gasteiger partial charge in [0.15, 0.2) is 0 Å². The lowest BCUT2D eigenvalue weighted by Crippen LogP contribution is -2.48. The van der Waals surface area contributed by atoms with E-state index in [0.717, 1.165) is 41.3 Å². The fourth-order valence-corrected chi connectivity index (χ4v) is 4.91. The molecule has 1 saturated carbocycles. The monoisotopic (exact) mass is 484 g/mol. The van der Waals surface area contributed by atoms with E-state index in [1.54, 1.807) is 0 Å². The van der Waals surface area contributed by atoms with Crippen molar-refractivity contribution in [1.82, 2.24) is 0 Å². The third-order valence-electron chi connectivity index (χ3n) is 7.40. The van der Waals surface area contributed by atoms with E-state index in [0.29, 0.717) is 17.9 Å². The Labute approximate surface area is 194 Å². The first-order chi connectivity index (χ1) is 14.8. The summed E-state index contributed by atoms with van der Waals surface area (Å²) in [5.41, 5.74) is 4.66. The zero-order valence-corrected chi connectivity index (χ0v) is 20.4. The quantitative estimate of drug-likeness (QED) is 0.405. The van der Waals surface area contributed by atoms with Gasteiger partial charge in [0.2, 0.25) is 5.79 Å². The lowest BCUT2D eigenvalue weighted by molar-refractivity contribution is -0.484. The number of hydrogen-bond acceptors (Lipinski definition) is 3. The summed E-state index contributed by atoms with van der Waals surface area (Å²) in [6, 6.07) is 16.7. The van der Waals surface area contributed by atoms with Crippen LogP contribution in [0.1, 0.15) is 58.4 Å². The van der Waals surface area contributed by atoms with Gasteiger partial charge in [0.25, 0.3) is 0 Å². The summed E-state index contributed by atoms with van der Waals surface area (Å²) in [7, 11) is 0. The molecule has 2 aliphatic rings. The fraction of sp³-hybridized carbons (Fsp3) is 0.481. The van der Waals surface area contributed by atoms with Crippen molar-refractivity contribution in [1.29, 1.82) is 0 Å². The van der Waals surface area contributed by atoms with Gasteiger partial charge in [-0.25, -0.2) is 9.78 Å². The maximum atomic E-state index is 6.25. The van der Waals surface area contributed by atoms with Crippen LogP contribution in [0.2, 0.25) is 0 Å². The van der Waals surface area contributed by atoms with Crippen LogP contribution in [-0.2, 0) is 14.5 Å². The summed E-state index contributed by atoms with van der Waals surface area (Å²) in [6.07, 6.45) is 4.94. The Hall–Kier alpha value is -1.46. The lowest BCUT2D eigenvalue weighted by Gasteiger charge is -2.46. The highest BCUT2D eigenvalue weighted by Crippen LogP contribution is 2.46. The predicted octanol–water partition coefficient (Wildman–Crippen LogP) is 7.80. The summed E-state index contributed by atoms with van der Waals surface area (Å²) in [4.78, 5) is 11.7. The van der Waals surface area contributed by atoms with Crippen molar-refractivity contribution in [2.24, 2.45) is 11.3 Å². The van der Waals surface area contributed by atoms with Crippen molar-refractivity contribution in [2.45, 2.75) is 64.8 Å². The van der Waals surface area contributed by atoms with Gasteiger partial charge >= 0.3 is 0 Å². The maximum absolute atomic E-state index is 6.25. The summed E-state index contributed by atoms with van der Waals surface area (Å²) in [6.45, 7) is 11.8. The Morgan fingerprint density at radius 3 is 2.13 bits per heavy atom. The average Bonchev–Trinajstić information content (AvgIpc) is 2.80. The summed E-state index contributed by atoms with van der Waals surface area (Å²) in [5.74, 6) is 0.134. The van der Waals surface area contributed by atoms with Crippen LogP contribution in [0, 0.1) is 11.3 Å². The zero-order valence-electron chi connectivity index (χ0n) is 18.8. The van der Waals surface area contributed by atoms with E-state index in [-0.39, 0.29) is 6.10 Å². The molecule has 0 bridgehead atoms. The SMILES string of the molecule is C=C(c1ccc(-c2ccc(Br)cc2)cc1)C1COC2(CCC(C(C)(C)CC)CC2)OO1. The highest BCUT2D eigenvalue weighted by molar-refractivity contribution is 9.10. The van der Waals surface area contributed by atoms with E-state index >= 15 is 0 Å². The molecule has 31 heavy (non-hydrogen) atoms. The molecule has 0 radical (unpaired) electrons. The Bertz CT molecular complexity index is 883. The summed E-state index contributed by atoms with van der Waals surface area (Å²) < 4.78 is 7.33. The molecule has 1 saturated heterocycles. The first-order valence-corrected chi connectivity index (χ1v) is 12.1. The minimum absolute atomic E-state index is 0.283. The van der Waals surface area contributed by atoms with Crippen LogP contribution in [0.25, 0.3) is 16.7 Å². The third-order valence-corrected chi connectivity index (χ3v) is 7.93. The Balaban J connectivity index is 1.34. The van der Waals surface area contributed by atoms with Gasteiger partial charge in [-0.1, -0.05) is 86.1 Å². The van der Waals surface area contributed by atoms with Crippen molar-refractivity contribution < 1.29 is 14.5 Å². The van der Waals surface area contributed by atoms with Crippen molar-refractivity contribution in [3.05, 3.63) is 65.1 Å². The van der Waals surface area contributed by atoms with Crippen LogP contribution < -0.4 is 0 Å². The molecule has 1 unspecified atom stereocenters. The van der Waals surface area contributed by atoms with Gasteiger partial charge in [-0.3, -0.25) is 0 Å². The molecule has 0 aromatic heterocycles. The van der Waals surface area contributed by atoms with Crippen molar-refractivity contribution in [2.75, 3.05) is 6.61 Å². The van der Waals surface area contributed by atoms with Gasteiger partial charge in [-0.2, -0.15) is 0 Å². The van der Waals surface area contributed by atoms with Crippen LogP contribution in [0.5, 0.6) is 0 Å². The molecule has 2 aromatic rings. The molecule has 4 heteroatoms. The van der Waals surface area contributed by atoms with Crippen LogP contribution in [0.3, 0.4) is 0 Å². The minimum atomic E-state index is -0.581. The topological polar surface area (TPSA) is 27.7 Å². The molecule has 1 aliphatic heterocycles. The minimum Gasteiger partial charge on any atom is -0.344 e. The highest BCUT2D eigenvalue weighted by Gasteiger charge is 2.45. The molecule has 1 heterocycles. The molecule has 166 valence electrons. The van der Waals surface area contributed by atoms with E-state index in [4.69, 9.17) is 14.5 Å². The second-order valence-corrected chi connectivity index (χ2v) is 10.5. The third kappa shape index (κ3) is 4.98. The molecule has 4 rings (SSSR count). The predicted molar refractivity (Wildman–Crippen MR) is 129 cm³/mol.